The number of methoxy groups -OCH3 is 1. The Labute approximate surface area is 234 Å². The molecule has 1 saturated heterocycles. The summed E-state index contributed by atoms with van der Waals surface area (Å²) in [7, 11) is 1.48. The molecule has 5 rings (SSSR count). The molecule has 1 aromatic heterocycles. The van der Waals surface area contributed by atoms with Gasteiger partial charge in [0.25, 0.3) is 5.88 Å². The number of hydrogen-bond donors (Lipinski definition) is 2. The van der Waals surface area contributed by atoms with Crippen molar-refractivity contribution in [3.63, 3.8) is 0 Å². The largest absolute Gasteiger partial charge is 0.489 e. The van der Waals surface area contributed by atoms with Crippen LogP contribution >= 0.6 is 0 Å². The number of halogens is 1. The van der Waals surface area contributed by atoms with Crippen LogP contribution in [-0.4, -0.2) is 67.3 Å². The molecule has 2 saturated carbocycles. The molecule has 2 amide bonds. The number of benzene rings is 1. The zero-order valence-corrected chi connectivity index (χ0v) is 23.1. The fraction of sp³-hybridized carbons (Fsp3) is 0.586. The first-order valence-electron chi connectivity index (χ1n) is 14.1. The highest BCUT2D eigenvalue weighted by Crippen LogP contribution is 2.32. The van der Waals surface area contributed by atoms with E-state index in [1.54, 1.807) is 0 Å². The van der Waals surface area contributed by atoms with E-state index in [4.69, 9.17) is 14.2 Å². The highest BCUT2D eigenvalue weighted by molar-refractivity contribution is 5.80. The van der Waals surface area contributed by atoms with Crippen LogP contribution in [0.2, 0.25) is 0 Å². The standard InChI is InChI=1S/C29H38FN5O5/c1-18(33-28(37)21-5-8-22(13-21)34-25(36)16-38-2)20-6-9-23(10-7-20)40-24-11-12-35(14-24)27-26(30)29(32-17-31-27)39-15-19-3-4-19/h6-7,9-10,17-19,21-22,24H,3-5,8,11-16H2,1-2H3,(H,33,37)(H,34,36)/t18-,21-,22+,24+/m0/s1. The van der Waals surface area contributed by atoms with Gasteiger partial charge in [-0.2, -0.15) is 9.37 Å². The van der Waals surface area contributed by atoms with Gasteiger partial charge < -0.3 is 29.7 Å². The molecule has 2 heterocycles. The summed E-state index contributed by atoms with van der Waals surface area (Å²) in [5.41, 5.74) is 0.971. The summed E-state index contributed by atoms with van der Waals surface area (Å²) >= 11 is 0. The summed E-state index contributed by atoms with van der Waals surface area (Å²) in [6.07, 6.45) is 6.39. The number of hydrogen-bond acceptors (Lipinski definition) is 8. The molecule has 3 aliphatic rings. The van der Waals surface area contributed by atoms with Gasteiger partial charge >= 0.3 is 0 Å². The van der Waals surface area contributed by atoms with Crippen LogP contribution in [0.5, 0.6) is 11.6 Å². The molecule has 0 radical (unpaired) electrons. The minimum Gasteiger partial charge on any atom is -0.489 e. The van der Waals surface area contributed by atoms with Crippen LogP contribution in [0.1, 0.15) is 57.1 Å². The molecule has 11 heteroatoms. The van der Waals surface area contributed by atoms with Crippen molar-refractivity contribution < 1.29 is 28.2 Å². The van der Waals surface area contributed by atoms with Crippen LogP contribution in [0.15, 0.2) is 30.6 Å². The molecule has 216 valence electrons. The number of rotatable bonds is 12. The first-order chi connectivity index (χ1) is 19.4. The summed E-state index contributed by atoms with van der Waals surface area (Å²) in [5.74, 6) is 0.694. The number of carbonyl (C=O) groups is 2. The first-order valence-corrected chi connectivity index (χ1v) is 14.1. The molecular weight excluding hydrogens is 517 g/mol. The molecule has 2 N–H and O–H groups in total. The predicted octanol–water partition coefficient (Wildman–Crippen LogP) is 3.17. The molecule has 1 aliphatic heterocycles. The van der Waals surface area contributed by atoms with Crippen molar-refractivity contribution >= 4 is 17.6 Å². The van der Waals surface area contributed by atoms with Crippen molar-refractivity contribution in [1.82, 2.24) is 20.6 Å². The summed E-state index contributed by atoms with van der Waals surface area (Å²) in [6, 6.07) is 7.53. The average molecular weight is 556 g/mol. The van der Waals surface area contributed by atoms with Crippen molar-refractivity contribution in [3.8, 4) is 11.6 Å². The lowest BCUT2D eigenvalue weighted by Gasteiger charge is -2.20. The molecule has 3 fully saturated rings. The Morgan fingerprint density at radius 3 is 2.67 bits per heavy atom. The Hall–Kier alpha value is -3.47. The van der Waals surface area contributed by atoms with E-state index in [1.807, 2.05) is 36.1 Å². The van der Waals surface area contributed by atoms with Gasteiger partial charge in [0.15, 0.2) is 5.82 Å². The van der Waals surface area contributed by atoms with Gasteiger partial charge in [0, 0.05) is 32.0 Å². The van der Waals surface area contributed by atoms with Gasteiger partial charge in [0.2, 0.25) is 17.6 Å². The van der Waals surface area contributed by atoms with Gasteiger partial charge in [-0.1, -0.05) is 12.1 Å². The Morgan fingerprint density at radius 2 is 1.93 bits per heavy atom. The molecule has 1 aromatic carbocycles. The highest BCUT2D eigenvalue weighted by Gasteiger charge is 2.32. The number of nitrogens with one attached hydrogen (secondary N) is 2. The maximum Gasteiger partial charge on any atom is 0.255 e. The van der Waals surface area contributed by atoms with E-state index in [0.717, 1.165) is 43.4 Å². The minimum atomic E-state index is -0.520. The SMILES string of the molecule is COCC(=O)N[C@@H]1CC[C@H](C(=O)N[C@@H](C)c2ccc(O[C@@H]3CCN(c4ncnc(OCC5CC5)c4F)C3)cc2)C1. The van der Waals surface area contributed by atoms with Gasteiger partial charge in [-0.15, -0.1) is 0 Å². The summed E-state index contributed by atoms with van der Waals surface area (Å²) in [4.78, 5) is 34.6. The van der Waals surface area contributed by atoms with E-state index in [0.29, 0.717) is 32.0 Å². The lowest BCUT2D eigenvalue weighted by atomic mass is 10.0. The zero-order chi connectivity index (χ0) is 28.1. The Balaban J connectivity index is 1.08. The maximum absolute atomic E-state index is 15.0. The van der Waals surface area contributed by atoms with E-state index in [-0.39, 0.29) is 54.2 Å². The molecule has 0 spiro atoms. The second-order valence-corrected chi connectivity index (χ2v) is 11.1. The summed E-state index contributed by atoms with van der Waals surface area (Å²) < 4.78 is 31.6. The summed E-state index contributed by atoms with van der Waals surface area (Å²) in [5, 5.41) is 6.02. The third kappa shape index (κ3) is 7.18. The molecule has 2 aromatic rings. The highest BCUT2D eigenvalue weighted by atomic mass is 19.1. The number of amides is 2. The first kappa shape index (κ1) is 28.1. The smallest absolute Gasteiger partial charge is 0.255 e. The van der Waals surface area contributed by atoms with Crippen LogP contribution in [0.3, 0.4) is 0 Å². The lowest BCUT2D eigenvalue weighted by molar-refractivity contribution is -0.127. The number of aromatic nitrogens is 2. The Bertz CT molecular complexity index is 1180. The molecule has 40 heavy (non-hydrogen) atoms. The molecule has 0 unspecified atom stereocenters. The van der Waals surface area contributed by atoms with Crippen LogP contribution in [0, 0.1) is 17.7 Å². The van der Waals surface area contributed by atoms with Crippen molar-refractivity contribution in [2.75, 3.05) is 38.3 Å². The van der Waals surface area contributed by atoms with Crippen molar-refractivity contribution in [2.45, 2.75) is 63.6 Å². The van der Waals surface area contributed by atoms with E-state index >= 15 is 0 Å². The van der Waals surface area contributed by atoms with E-state index in [2.05, 4.69) is 20.6 Å². The van der Waals surface area contributed by atoms with E-state index in [1.165, 1.54) is 13.4 Å². The lowest BCUT2D eigenvalue weighted by Crippen LogP contribution is -2.37. The number of carbonyl (C=O) groups excluding carboxylic acids is 2. The number of ether oxygens (including phenoxy) is 3. The molecular formula is C29H38FN5O5. The van der Waals surface area contributed by atoms with E-state index in [9.17, 15) is 14.0 Å². The monoisotopic (exact) mass is 555 g/mol. The van der Waals surface area contributed by atoms with Gasteiger partial charge in [0.05, 0.1) is 19.2 Å². The van der Waals surface area contributed by atoms with Crippen LogP contribution < -0.4 is 25.0 Å². The molecule has 4 atom stereocenters. The Morgan fingerprint density at radius 1 is 1.12 bits per heavy atom. The minimum absolute atomic E-state index is 0.000384. The van der Waals surface area contributed by atoms with Crippen molar-refractivity contribution in [2.24, 2.45) is 11.8 Å². The maximum atomic E-state index is 15.0. The second kappa shape index (κ2) is 12.8. The van der Waals surface area contributed by atoms with Crippen molar-refractivity contribution in [3.05, 3.63) is 42.0 Å². The van der Waals surface area contributed by atoms with Gasteiger partial charge in [-0.05, 0) is 62.6 Å². The second-order valence-electron chi connectivity index (χ2n) is 11.1. The molecule has 0 bridgehead atoms. The van der Waals surface area contributed by atoms with E-state index < -0.39 is 5.82 Å². The topological polar surface area (TPSA) is 115 Å². The third-order valence-electron chi connectivity index (χ3n) is 7.82. The Kier molecular flexibility index (Phi) is 8.98. The van der Waals surface area contributed by atoms with Crippen LogP contribution in [0.4, 0.5) is 10.2 Å². The quantitative estimate of drug-likeness (QED) is 0.411. The zero-order valence-electron chi connectivity index (χ0n) is 23.1. The van der Waals surface area contributed by atoms with Gasteiger partial charge in [0.1, 0.15) is 24.8 Å². The van der Waals surface area contributed by atoms with Gasteiger partial charge in [-0.25, -0.2) is 4.98 Å². The molecule has 2 aliphatic carbocycles. The normalized spacial score (nSPS) is 23.1. The fourth-order valence-electron chi connectivity index (χ4n) is 5.36. The third-order valence-corrected chi connectivity index (χ3v) is 7.82. The fourth-order valence-corrected chi connectivity index (χ4v) is 5.36. The van der Waals surface area contributed by atoms with Gasteiger partial charge in [-0.3, -0.25) is 9.59 Å². The number of nitrogens with zero attached hydrogens (tertiary/aromatic N) is 3. The van der Waals surface area contributed by atoms with Crippen molar-refractivity contribution in [1.29, 1.82) is 0 Å². The molecule has 10 nitrogen and oxygen atoms in total. The summed E-state index contributed by atoms with van der Waals surface area (Å²) in [6.45, 7) is 3.61. The predicted molar refractivity (Wildman–Crippen MR) is 146 cm³/mol. The number of anilines is 1. The average Bonchev–Trinajstić information content (AvgIpc) is 3.46. The van der Waals surface area contributed by atoms with Crippen LogP contribution in [-0.2, 0) is 14.3 Å². The van der Waals surface area contributed by atoms with Crippen LogP contribution in [0.25, 0.3) is 0 Å².